The van der Waals surface area contributed by atoms with E-state index < -0.39 is 0 Å². The average molecular weight is 196 g/mol. The Bertz CT molecular complexity index is 318. The van der Waals surface area contributed by atoms with Crippen molar-refractivity contribution >= 4 is 5.78 Å². The Morgan fingerprint density at radius 1 is 1.64 bits per heavy atom. The number of nitrogens with zero attached hydrogens (tertiary/aromatic N) is 2. The highest BCUT2D eigenvalue weighted by molar-refractivity contribution is 5.97. The molecule has 0 unspecified atom stereocenters. The minimum atomic E-state index is 0.00375. The first-order valence-corrected chi connectivity index (χ1v) is 4.76. The maximum absolute atomic E-state index is 11.6. The minimum Gasteiger partial charge on any atom is -0.373 e. The van der Waals surface area contributed by atoms with Gasteiger partial charge in [-0.15, -0.1) is 0 Å². The van der Waals surface area contributed by atoms with Crippen LogP contribution in [0.4, 0.5) is 0 Å². The van der Waals surface area contributed by atoms with Crippen LogP contribution in [0, 0.1) is 6.92 Å². The molecule has 0 aromatic carbocycles. The van der Waals surface area contributed by atoms with E-state index in [1.165, 1.54) is 0 Å². The highest BCUT2D eigenvalue weighted by Crippen LogP contribution is 2.05. The predicted octanol–water partition coefficient (Wildman–Crippen LogP) is 1.34. The summed E-state index contributed by atoms with van der Waals surface area (Å²) < 4.78 is 6.82. The topological polar surface area (TPSA) is 44.1 Å². The lowest BCUT2D eigenvalue weighted by atomic mass is 10.2. The third kappa shape index (κ3) is 2.67. The molecule has 1 rings (SSSR count). The van der Waals surface area contributed by atoms with Gasteiger partial charge in [-0.2, -0.15) is 5.10 Å². The number of rotatable bonds is 5. The van der Waals surface area contributed by atoms with Gasteiger partial charge < -0.3 is 4.74 Å². The largest absolute Gasteiger partial charge is 0.373 e. The van der Waals surface area contributed by atoms with Crippen LogP contribution in [0.1, 0.15) is 29.4 Å². The zero-order valence-corrected chi connectivity index (χ0v) is 8.91. The average Bonchev–Trinajstić information content (AvgIpc) is 2.45. The standard InChI is InChI=1S/C10H16N2O2/c1-4-5-14-7-10(13)9-6-12(3)11-8(9)2/h6H,4-5,7H2,1-3H3. The number of aryl methyl sites for hydroxylation is 2. The van der Waals surface area contributed by atoms with Gasteiger partial charge >= 0.3 is 0 Å². The number of ketones is 1. The smallest absolute Gasteiger partial charge is 0.191 e. The summed E-state index contributed by atoms with van der Waals surface area (Å²) in [6, 6.07) is 0. The van der Waals surface area contributed by atoms with Crippen LogP contribution >= 0.6 is 0 Å². The van der Waals surface area contributed by atoms with Gasteiger partial charge in [0.05, 0.1) is 11.3 Å². The number of hydrogen-bond acceptors (Lipinski definition) is 3. The van der Waals surface area contributed by atoms with Gasteiger partial charge in [0.1, 0.15) is 6.61 Å². The van der Waals surface area contributed by atoms with Crippen LogP contribution < -0.4 is 0 Å². The molecule has 0 spiro atoms. The van der Waals surface area contributed by atoms with Gasteiger partial charge in [-0.3, -0.25) is 9.48 Å². The van der Waals surface area contributed by atoms with Gasteiger partial charge in [-0.25, -0.2) is 0 Å². The van der Waals surface area contributed by atoms with Crippen LogP contribution in [0.15, 0.2) is 6.20 Å². The van der Waals surface area contributed by atoms with Crippen molar-refractivity contribution < 1.29 is 9.53 Å². The number of hydrogen-bond donors (Lipinski definition) is 0. The SMILES string of the molecule is CCCOCC(=O)c1cn(C)nc1C. The second-order valence-electron chi connectivity index (χ2n) is 3.28. The fraction of sp³-hybridized carbons (Fsp3) is 0.600. The quantitative estimate of drug-likeness (QED) is 0.527. The van der Waals surface area contributed by atoms with E-state index in [2.05, 4.69) is 5.10 Å². The van der Waals surface area contributed by atoms with Crippen LogP contribution in [0.3, 0.4) is 0 Å². The molecule has 0 aliphatic heterocycles. The molecule has 0 aliphatic carbocycles. The maximum Gasteiger partial charge on any atom is 0.191 e. The highest BCUT2D eigenvalue weighted by atomic mass is 16.5. The summed E-state index contributed by atoms with van der Waals surface area (Å²) in [6.07, 6.45) is 2.66. The van der Waals surface area contributed by atoms with Crippen LogP contribution in [0.25, 0.3) is 0 Å². The van der Waals surface area contributed by atoms with Gasteiger partial charge in [-0.05, 0) is 13.3 Å². The van der Waals surface area contributed by atoms with E-state index >= 15 is 0 Å². The summed E-state index contributed by atoms with van der Waals surface area (Å²) in [5, 5.41) is 4.10. The molecule has 0 aliphatic rings. The van der Waals surface area contributed by atoms with Crippen molar-refractivity contribution in [3.63, 3.8) is 0 Å². The Labute approximate surface area is 83.9 Å². The molecule has 14 heavy (non-hydrogen) atoms. The lowest BCUT2D eigenvalue weighted by Gasteiger charge is -1.99. The minimum absolute atomic E-state index is 0.00375. The normalized spacial score (nSPS) is 10.5. The molecule has 1 aromatic heterocycles. The number of ether oxygens (including phenoxy) is 1. The number of carbonyl (C=O) groups is 1. The van der Waals surface area contributed by atoms with Crippen LogP contribution in [-0.2, 0) is 11.8 Å². The van der Waals surface area contributed by atoms with Crippen molar-refractivity contribution in [2.75, 3.05) is 13.2 Å². The Morgan fingerprint density at radius 2 is 2.36 bits per heavy atom. The molecular formula is C10H16N2O2. The fourth-order valence-electron chi connectivity index (χ4n) is 1.26. The first-order valence-electron chi connectivity index (χ1n) is 4.76. The highest BCUT2D eigenvalue weighted by Gasteiger charge is 2.11. The van der Waals surface area contributed by atoms with Gasteiger partial charge in [0, 0.05) is 19.9 Å². The summed E-state index contributed by atoms with van der Waals surface area (Å²) in [7, 11) is 1.80. The van der Waals surface area contributed by atoms with Gasteiger partial charge in [0.15, 0.2) is 5.78 Å². The molecular weight excluding hydrogens is 180 g/mol. The Morgan fingerprint density at radius 3 is 2.86 bits per heavy atom. The van der Waals surface area contributed by atoms with E-state index in [0.717, 1.165) is 12.1 Å². The van der Waals surface area contributed by atoms with E-state index in [4.69, 9.17) is 4.74 Å². The van der Waals surface area contributed by atoms with Crippen LogP contribution in [-0.4, -0.2) is 28.8 Å². The molecule has 0 saturated carbocycles. The van der Waals surface area contributed by atoms with Crippen molar-refractivity contribution in [1.29, 1.82) is 0 Å². The van der Waals surface area contributed by atoms with Crippen molar-refractivity contribution in [1.82, 2.24) is 9.78 Å². The van der Waals surface area contributed by atoms with Gasteiger partial charge in [0.25, 0.3) is 0 Å². The fourth-order valence-corrected chi connectivity index (χ4v) is 1.26. The zero-order chi connectivity index (χ0) is 10.6. The van der Waals surface area contributed by atoms with Gasteiger partial charge in [0.2, 0.25) is 0 Å². The van der Waals surface area contributed by atoms with Crippen molar-refractivity contribution in [2.24, 2.45) is 7.05 Å². The summed E-state index contributed by atoms with van der Waals surface area (Å²) >= 11 is 0. The zero-order valence-electron chi connectivity index (χ0n) is 8.91. The summed E-state index contributed by atoms with van der Waals surface area (Å²) in [5.74, 6) is 0.00375. The molecule has 0 radical (unpaired) electrons. The van der Waals surface area contributed by atoms with E-state index in [1.807, 2.05) is 13.8 Å². The first-order chi connectivity index (χ1) is 6.65. The Balaban J connectivity index is 2.56. The summed E-state index contributed by atoms with van der Waals surface area (Å²) in [4.78, 5) is 11.6. The number of aromatic nitrogens is 2. The van der Waals surface area contributed by atoms with Crippen LogP contribution in [0.2, 0.25) is 0 Å². The predicted molar refractivity (Wildman–Crippen MR) is 53.4 cm³/mol. The molecule has 4 heteroatoms. The molecule has 1 heterocycles. The Hall–Kier alpha value is -1.16. The Kier molecular flexibility index (Phi) is 3.83. The second-order valence-corrected chi connectivity index (χ2v) is 3.28. The molecule has 4 nitrogen and oxygen atoms in total. The molecule has 78 valence electrons. The maximum atomic E-state index is 11.6. The van der Waals surface area contributed by atoms with E-state index in [9.17, 15) is 4.79 Å². The third-order valence-electron chi connectivity index (χ3n) is 1.90. The summed E-state index contributed by atoms with van der Waals surface area (Å²) in [5.41, 5.74) is 1.42. The van der Waals surface area contributed by atoms with E-state index in [0.29, 0.717) is 12.2 Å². The van der Waals surface area contributed by atoms with Crippen molar-refractivity contribution in [3.05, 3.63) is 17.5 Å². The molecule has 0 N–H and O–H groups in total. The first kappa shape index (κ1) is 10.9. The van der Waals surface area contributed by atoms with E-state index in [1.54, 1.807) is 17.9 Å². The molecule has 0 amide bonds. The van der Waals surface area contributed by atoms with Gasteiger partial charge in [-0.1, -0.05) is 6.92 Å². The third-order valence-corrected chi connectivity index (χ3v) is 1.90. The van der Waals surface area contributed by atoms with Crippen molar-refractivity contribution in [2.45, 2.75) is 20.3 Å². The monoisotopic (exact) mass is 196 g/mol. The molecule has 0 bridgehead atoms. The molecule has 0 atom stereocenters. The molecule has 1 aromatic rings. The molecule has 0 saturated heterocycles. The van der Waals surface area contributed by atoms with E-state index in [-0.39, 0.29) is 12.4 Å². The lowest BCUT2D eigenvalue weighted by molar-refractivity contribution is 0.0760. The number of Topliss-reactive ketones (excluding diaryl/α,β-unsaturated/α-hetero) is 1. The lowest BCUT2D eigenvalue weighted by Crippen LogP contribution is -2.09. The second kappa shape index (κ2) is 4.91. The number of carbonyl (C=O) groups excluding carboxylic acids is 1. The van der Waals surface area contributed by atoms with Crippen molar-refractivity contribution in [3.8, 4) is 0 Å². The van der Waals surface area contributed by atoms with Crippen LogP contribution in [0.5, 0.6) is 0 Å². The summed E-state index contributed by atoms with van der Waals surface area (Å²) in [6.45, 7) is 4.62. The molecule has 0 fully saturated rings.